The first kappa shape index (κ1) is 25.5. The van der Waals surface area contributed by atoms with Crippen molar-refractivity contribution in [3.63, 3.8) is 0 Å². The van der Waals surface area contributed by atoms with Crippen molar-refractivity contribution in [2.45, 2.75) is 57.2 Å². The molecule has 10 nitrogen and oxygen atoms in total. The largest absolute Gasteiger partial charge is 0.480 e. The van der Waals surface area contributed by atoms with Gasteiger partial charge in [-0.1, -0.05) is 24.3 Å². The molecule has 0 saturated heterocycles. The minimum atomic E-state index is -1.23. The number of aliphatic hydroxyl groups is 1. The van der Waals surface area contributed by atoms with Gasteiger partial charge in [-0.05, 0) is 43.4 Å². The van der Waals surface area contributed by atoms with E-state index in [2.05, 4.69) is 27.0 Å². The van der Waals surface area contributed by atoms with Crippen LogP contribution in [0.1, 0.15) is 54.3 Å². The number of para-hydroxylation sites is 1. The molecule has 0 radical (unpaired) electrons. The van der Waals surface area contributed by atoms with E-state index in [1.54, 1.807) is 24.3 Å². The van der Waals surface area contributed by atoms with E-state index in [0.29, 0.717) is 24.1 Å². The van der Waals surface area contributed by atoms with Crippen molar-refractivity contribution in [1.29, 1.82) is 0 Å². The van der Waals surface area contributed by atoms with Crippen molar-refractivity contribution < 1.29 is 24.6 Å². The fourth-order valence-corrected chi connectivity index (χ4v) is 4.38. The molecule has 5 N–H and O–H groups in total. The van der Waals surface area contributed by atoms with E-state index in [0.717, 1.165) is 43.7 Å². The zero-order chi connectivity index (χ0) is 25.5. The summed E-state index contributed by atoms with van der Waals surface area (Å²) in [4.78, 5) is 45.2. The number of aliphatic imine (C=N–C) groups is 1. The minimum Gasteiger partial charge on any atom is -0.480 e. The van der Waals surface area contributed by atoms with Gasteiger partial charge in [-0.15, -0.1) is 0 Å². The molecular formula is C26H31N5O5. The summed E-state index contributed by atoms with van der Waals surface area (Å²) < 4.78 is 0. The third kappa shape index (κ3) is 6.32. The number of hydrogen-bond acceptors (Lipinski definition) is 7. The quantitative estimate of drug-likeness (QED) is 0.296. The first-order valence-corrected chi connectivity index (χ1v) is 12.3. The van der Waals surface area contributed by atoms with Crippen LogP contribution >= 0.6 is 0 Å². The monoisotopic (exact) mass is 493 g/mol. The van der Waals surface area contributed by atoms with Gasteiger partial charge in [0.15, 0.2) is 0 Å². The summed E-state index contributed by atoms with van der Waals surface area (Å²) in [5.74, 6) is -2.14. The number of fused-ring (bicyclic) bond motifs is 2. The zero-order valence-electron chi connectivity index (χ0n) is 20.0. The van der Waals surface area contributed by atoms with E-state index in [1.807, 2.05) is 6.07 Å². The van der Waals surface area contributed by atoms with Crippen LogP contribution in [-0.4, -0.2) is 57.8 Å². The van der Waals surface area contributed by atoms with Crippen molar-refractivity contribution in [3.05, 3.63) is 58.9 Å². The van der Waals surface area contributed by atoms with Gasteiger partial charge in [0.2, 0.25) is 5.91 Å². The summed E-state index contributed by atoms with van der Waals surface area (Å²) in [6.07, 6.45) is 2.41. The van der Waals surface area contributed by atoms with Crippen LogP contribution in [-0.2, 0) is 33.8 Å². The van der Waals surface area contributed by atoms with Gasteiger partial charge in [0, 0.05) is 49.4 Å². The highest BCUT2D eigenvalue weighted by Gasteiger charge is 2.32. The van der Waals surface area contributed by atoms with Crippen LogP contribution in [0.5, 0.6) is 0 Å². The number of carbonyl (C=O) groups excluding carboxylic acids is 2. The summed E-state index contributed by atoms with van der Waals surface area (Å²) in [5.41, 5.74) is 4.28. The number of benzene rings is 1. The molecule has 36 heavy (non-hydrogen) atoms. The van der Waals surface area contributed by atoms with E-state index < -0.39 is 24.0 Å². The van der Waals surface area contributed by atoms with Crippen LogP contribution in [0.3, 0.4) is 0 Å². The SMILES string of the molecule is O=C(CCCCc1ccc2c(n1)CCNC2)NCC[C@H](NC(=O)C1=Nc2ccccc2C1O)C(=O)O. The molecule has 1 aromatic carbocycles. The summed E-state index contributed by atoms with van der Waals surface area (Å²) in [5, 5.41) is 28.3. The van der Waals surface area contributed by atoms with Gasteiger partial charge in [-0.2, -0.15) is 0 Å². The Labute approximate surface area is 209 Å². The highest BCUT2D eigenvalue weighted by atomic mass is 16.4. The summed E-state index contributed by atoms with van der Waals surface area (Å²) in [7, 11) is 0. The molecule has 2 aromatic rings. The average molecular weight is 494 g/mol. The average Bonchev–Trinajstić information content (AvgIpc) is 3.22. The number of amides is 2. The number of hydrogen-bond donors (Lipinski definition) is 5. The second-order valence-electron chi connectivity index (χ2n) is 9.00. The van der Waals surface area contributed by atoms with E-state index >= 15 is 0 Å². The first-order valence-electron chi connectivity index (χ1n) is 12.3. The maximum Gasteiger partial charge on any atom is 0.326 e. The number of pyridine rings is 1. The number of aliphatic hydroxyl groups excluding tert-OH is 1. The topological polar surface area (TPSA) is 153 Å². The number of nitrogens with zero attached hydrogens (tertiary/aromatic N) is 2. The smallest absolute Gasteiger partial charge is 0.326 e. The number of aromatic nitrogens is 1. The van der Waals surface area contributed by atoms with Crippen LogP contribution in [0.15, 0.2) is 41.4 Å². The third-order valence-electron chi connectivity index (χ3n) is 6.39. The predicted molar refractivity (Wildman–Crippen MR) is 133 cm³/mol. The van der Waals surface area contributed by atoms with E-state index in [1.165, 1.54) is 5.56 Å². The Hall–Kier alpha value is -3.63. The Morgan fingerprint density at radius 2 is 1.97 bits per heavy atom. The van der Waals surface area contributed by atoms with Crippen molar-refractivity contribution in [2.75, 3.05) is 13.1 Å². The number of aliphatic carboxylic acids is 1. The lowest BCUT2D eigenvalue weighted by Crippen LogP contribution is -2.46. The molecule has 1 unspecified atom stereocenters. The fourth-order valence-electron chi connectivity index (χ4n) is 4.38. The van der Waals surface area contributed by atoms with Crippen LogP contribution in [0.25, 0.3) is 0 Å². The fraction of sp³-hybridized carbons (Fsp3) is 0.423. The minimum absolute atomic E-state index is 0.0110. The summed E-state index contributed by atoms with van der Waals surface area (Å²) >= 11 is 0. The van der Waals surface area contributed by atoms with E-state index in [-0.39, 0.29) is 24.6 Å². The lowest BCUT2D eigenvalue weighted by atomic mass is 10.0. The molecule has 2 aliphatic rings. The molecule has 2 atom stereocenters. The van der Waals surface area contributed by atoms with Crippen molar-refractivity contribution in [1.82, 2.24) is 20.9 Å². The number of rotatable bonds is 11. The number of carbonyl (C=O) groups is 3. The molecule has 2 amide bonds. The van der Waals surface area contributed by atoms with Crippen LogP contribution in [0.4, 0.5) is 5.69 Å². The van der Waals surface area contributed by atoms with Gasteiger partial charge in [0.05, 0.1) is 5.69 Å². The Morgan fingerprint density at radius 3 is 2.78 bits per heavy atom. The van der Waals surface area contributed by atoms with Gasteiger partial charge in [0.1, 0.15) is 17.9 Å². The summed E-state index contributed by atoms with van der Waals surface area (Å²) in [6.45, 7) is 1.91. The molecule has 0 spiro atoms. The van der Waals surface area contributed by atoms with Crippen molar-refractivity contribution in [2.24, 2.45) is 4.99 Å². The standard InChI is InChI=1S/C26H31N5O5/c32-22(8-4-1-5-17-10-9-16-15-27-13-11-19(16)29-17)28-14-12-21(26(35)36)31-25(34)23-24(33)18-6-2-3-7-20(18)30-23/h2-3,6-7,9-10,21,24,27,33H,1,4-5,8,11-15H2,(H,28,32)(H,31,34)(H,35,36)/t21-,24?/m0/s1. The maximum absolute atomic E-state index is 12.5. The van der Waals surface area contributed by atoms with Crippen LogP contribution in [0.2, 0.25) is 0 Å². The lowest BCUT2D eigenvalue weighted by molar-refractivity contribution is -0.141. The number of unbranched alkanes of at least 4 members (excludes halogenated alkanes) is 1. The van der Waals surface area contributed by atoms with Crippen LogP contribution < -0.4 is 16.0 Å². The van der Waals surface area contributed by atoms with E-state index in [4.69, 9.17) is 4.98 Å². The Bertz CT molecular complexity index is 1170. The second kappa shape index (κ2) is 11.9. The molecule has 0 bridgehead atoms. The molecule has 2 aliphatic heterocycles. The van der Waals surface area contributed by atoms with Gasteiger partial charge in [-0.25, -0.2) is 9.79 Å². The normalized spacial score (nSPS) is 16.9. The van der Waals surface area contributed by atoms with Crippen molar-refractivity contribution in [3.8, 4) is 0 Å². The summed E-state index contributed by atoms with van der Waals surface area (Å²) in [6, 6.07) is 9.74. The molecular weight excluding hydrogens is 462 g/mol. The lowest BCUT2D eigenvalue weighted by Gasteiger charge is -2.16. The third-order valence-corrected chi connectivity index (χ3v) is 6.39. The Morgan fingerprint density at radius 1 is 1.14 bits per heavy atom. The zero-order valence-corrected chi connectivity index (χ0v) is 20.0. The molecule has 0 aliphatic carbocycles. The highest BCUT2D eigenvalue weighted by Crippen LogP contribution is 2.33. The molecule has 4 rings (SSSR count). The number of carboxylic acid groups (broad SMARTS) is 1. The molecule has 1 aromatic heterocycles. The Balaban J connectivity index is 1.16. The molecule has 10 heteroatoms. The number of carboxylic acids is 1. The van der Waals surface area contributed by atoms with Gasteiger partial charge < -0.3 is 26.2 Å². The van der Waals surface area contributed by atoms with Gasteiger partial charge >= 0.3 is 5.97 Å². The molecule has 190 valence electrons. The first-order chi connectivity index (χ1) is 17.4. The second-order valence-corrected chi connectivity index (χ2v) is 9.00. The van der Waals surface area contributed by atoms with Crippen LogP contribution in [0, 0.1) is 0 Å². The number of aryl methyl sites for hydroxylation is 1. The van der Waals surface area contributed by atoms with Crippen molar-refractivity contribution >= 4 is 29.2 Å². The Kier molecular flexibility index (Phi) is 8.40. The molecule has 3 heterocycles. The molecule has 0 fully saturated rings. The predicted octanol–water partition coefficient (Wildman–Crippen LogP) is 1.34. The van der Waals surface area contributed by atoms with Gasteiger partial charge in [-0.3, -0.25) is 14.6 Å². The van der Waals surface area contributed by atoms with Gasteiger partial charge in [0.25, 0.3) is 5.91 Å². The highest BCUT2D eigenvalue weighted by molar-refractivity contribution is 6.42. The number of nitrogens with one attached hydrogen (secondary N) is 3. The van der Waals surface area contributed by atoms with E-state index in [9.17, 15) is 24.6 Å². The molecule has 0 saturated carbocycles. The maximum atomic E-state index is 12.5.